The lowest BCUT2D eigenvalue weighted by Gasteiger charge is -2.10. The Morgan fingerprint density at radius 2 is 1.67 bits per heavy atom. The van der Waals surface area contributed by atoms with Crippen molar-refractivity contribution in [2.24, 2.45) is 0 Å². The molecule has 4 rings (SSSR count). The fourth-order valence-corrected chi connectivity index (χ4v) is 2.54. The molecule has 0 atom stereocenters. The number of nitrogens with zero attached hydrogens (tertiary/aromatic N) is 4. The van der Waals surface area contributed by atoms with E-state index in [1.165, 1.54) is 12.5 Å². The quantitative estimate of drug-likeness (QED) is 0.525. The zero-order valence-electron chi connectivity index (χ0n) is 12.1. The van der Waals surface area contributed by atoms with Crippen LogP contribution in [0.5, 0.6) is 0 Å². The lowest BCUT2D eigenvalue weighted by Crippen LogP contribution is -1.96. The van der Waals surface area contributed by atoms with Crippen LogP contribution in [0.15, 0.2) is 55.1 Å². The molecule has 118 valence electrons. The van der Waals surface area contributed by atoms with Gasteiger partial charge in [0.1, 0.15) is 12.1 Å². The second kappa shape index (κ2) is 5.45. The molecule has 0 N–H and O–H groups in total. The third-order valence-electron chi connectivity index (χ3n) is 3.66. The Morgan fingerprint density at radius 1 is 0.833 bits per heavy atom. The molecule has 0 saturated carbocycles. The van der Waals surface area contributed by atoms with Crippen LogP contribution in [0.1, 0.15) is 0 Å². The van der Waals surface area contributed by atoms with E-state index in [0.29, 0.717) is 22.8 Å². The van der Waals surface area contributed by atoms with Crippen molar-refractivity contribution in [2.45, 2.75) is 0 Å². The normalized spacial score (nSPS) is 11.1. The van der Waals surface area contributed by atoms with Crippen molar-refractivity contribution in [3.63, 3.8) is 0 Å². The average Bonchev–Trinajstić information content (AvgIpc) is 3.06. The van der Waals surface area contributed by atoms with Crippen molar-refractivity contribution < 1.29 is 13.2 Å². The summed E-state index contributed by atoms with van der Waals surface area (Å²) < 4.78 is 42.5. The summed E-state index contributed by atoms with van der Waals surface area (Å²) in [5.74, 6) is -3.24. The molecule has 0 aliphatic carbocycles. The topological polar surface area (TPSA) is 43.1 Å². The first kappa shape index (κ1) is 14.4. The van der Waals surface area contributed by atoms with E-state index in [9.17, 15) is 13.2 Å². The van der Waals surface area contributed by atoms with Gasteiger partial charge in [0.2, 0.25) is 0 Å². The van der Waals surface area contributed by atoms with E-state index >= 15 is 0 Å². The Hall–Kier alpha value is -3.22. The summed E-state index contributed by atoms with van der Waals surface area (Å²) in [6.07, 6.45) is 4.59. The molecule has 1 aromatic carbocycles. The molecule has 0 aliphatic rings. The first-order valence-corrected chi connectivity index (χ1v) is 7.03. The Morgan fingerprint density at radius 3 is 2.54 bits per heavy atom. The van der Waals surface area contributed by atoms with E-state index in [0.717, 1.165) is 6.07 Å². The minimum Gasteiger partial charge on any atom is -0.255 e. The summed E-state index contributed by atoms with van der Waals surface area (Å²) >= 11 is 0. The van der Waals surface area contributed by atoms with E-state index in [-0.39, 0.29) is 11.3 Å². The van der Waals surface area contributed by atoms with Crippen LogP contribution in [0.2, 0.25) is 0 Å². The van der Waals surface area contributed by atoms with Crippen molar-refractivity contribution >= 4 is 5.65 Å². The maximum atomic E-state index is 14.1. The highest BCUT2D eigenvalue weighted by molar-refractivity contribution is 5.81. The Balaban J connectivity index is 1.94. The molecule has 0 amide bonds. The van der Waals surface area contributed by atoms with Crippen LogP contribution in [-0.4, -0.2) is 19.6 Å². The van der Waals surface area contributed by atoms with Crippen LogP contribution in [0.4, 0.5) is 13.2 Å². The van der Waals surface area contributed by atoms with Gasteiger partial charge in [-0.2, -0.15) is 5.10 Å². The molecule has 4 nitrogen and oxygen atoms in total. The van der Waals surface area contributed by atoms with Gasteiger partial charge in [-0.05, 0) is 29.8 Å². The van der Waals surface area contributed by atoms with Gasteiger partial charge in [-0.15, -0.1) is 0 Å². The monoisotopic (exact) mass is 326 g/mol. The highest BCUT2D eigenvalue weighted by atomic mass is 19.2. The third-order valence-corrected chi connectivity index (χ3v) is 3.66. The third kappa shape index (κ3) is 2.30. The maximum absolute atomic E-state index is 14.1. The van der Waals surface area contributed by atoms with Gasteiger partial charge in [0.25, 0.3) is 0 Å². The predicted molar refractivity (Wildman–Crippen MR) is 81.5 cm³/mol. The first-order chi connectivity index (χ1) is 11.6. The molecule has 4 aromatic rings. The number of aromatic nitrogens is 4. The van der Waals surface area contributed by atoms with Gasteiger partial charge in [0, 0.05) is 29.6 Å². The summed E-state index contributed by atoms with van der Waals surface area (Å²) in [5, 5.41) is 4.01. The van der Waals surface area contributed by atoms with Crippen LogP contribution < -0.4 is 0 Å². The van der Waals surface area contributed by atoms with Crippen LogP contribution >= 0.6 is 0 Å². The Kier molecular flexibility index (Phi) is 3.26. The molecular weight excluding hydrogens is 317 g/mol. The van der Waals surface area contributed by atoms with Crippen LogP contribution in [-0.2, 0) is 0 Å². The van der Waals surface area contributed by atoms with Gasteiger partial charge < -0.3 is 0 Å². The van der Waals surface area contributed by atoms with Gasteiger partial charge in [0.05, 0.1) is 5.69 Å². The van der Waals surface area contributed by atoms with Crippen molar-refractivity contribution in [1.82, 2.24) is 19.6 Å². The fraction of sp³-hybridized carbons (Fsp3) is 0. The van der Waals surface area contributed by atoms with Gasteiger partial charge in [-0.25, -0.2) is 22.7 Å². The van der Waals surface area contributed by atoms with E-state index in [4.69, 9.17) is 0 Å². The van der Waals surface area contributed by atoms with Crippen molar-refractivity contribution in [3.05, 3.63) is 72.6 Å². The molecule has 0 spiro atoms. The number of benzene rings is 1. The smallest absolute Gasteiger partial charge is 0.161 e. The maximum Gasteiger partial charge on any atom is 0.161 e. The molecule has 0 aliphatic heterocycles. The van der Waals surface area contributed by atoms with Crippen LogP contribution in [0.3, 0.4) is 0 Å². The number of pyridine rings is 2. The molecule has 0 unspecified atom stereocenters. The largest absolute Gasteiger partial charge is 0.255 e. The number of hydrogen-bond acceptors (Lipinski definition) is 3. The number of halogens is 3. The van der Waals surface area contributed by atoms with E-state index in [2.05, 4.69) is 15.1 Å². The van der Waals surface area contributed by atoms with E-state index in [1.807, 2.05) is 0 Å². The molecule has 0 saturated heterocycles. The predicted octanol–water partition coefficient (Wildman–Crippen LogP) is 3.88. The summed E-state index contributed by atoms with van der Waals surface area (Å²) in [4.78, 5) is 8.25. The molecule has 0 fully saturated rings. The minimum absolute atomic E-state index is 0.106. The summed E-state index contributed by atoms with van der Waals surface area (Å²) in [6, 6.07) is 8.26. The fourth-order valence-electron chi connectivity index (χ4n) is 2.54. The SMILES string of the molecule is Fc1cc(F)c(-c2ncccc2-c2ccn3ncnc3c2)cc1F. The van der Waals surface area contributed by atoms with Crippen molar-refractivity contribution in [2.75, 3.05) is 0 Å². The molecule has 7 heteroatoms. The zero-order chi connectivity index (χ0) is 16.7. The Bertz CT molecular complexity index is 1060. The zero-order valence-corrected chi connectivity index (χ0v) is 12.1. The number of fused-ring (bicyclic) bond motifs is 1. The molecule has 3 aromatic heterocycles. The number of rotatable bonds is 2. The van der Waals surface area contributed by atoms with E-state index in [1.54, 1.807) is 35.0 Å². The van der Waals surface area contributed by atoms with E-state index < -0.39 is 17.5 Å². The highest BCUT2D eigenvalue weighted by Gasteiger charge is 2.16. The lowest BCUT2D eigenvalue weighted by molar-refractivity contribution is 0.496. The minimum atomic E-state index is -1.24. The van der Waals surface area contributed by atoms with Gasteiger partial charge in [0.15, 0.2) is 17.3 Å². The Labute approximate surface area is 134 Å². The summed E-state index contributed by atoms with van der Waals surface area (Å²) in [7, 11) is 0. The second-order valence-electron chi connectivity index (χ2n) is 5.12. The molecule has 0 bridgehead atoms. The molecule has 24 heavy (non-hydrogen) atoms. The molecular formula is C17H9F3N4. The average molecular weight is 326 g/mol. The van der Waals surface area contributed by atoms with Gasteiger partial charge in [-0.3, -0.25) is 4.98 Å². The standard InChI is InChI=1S/C17H9F3N4/c18-13-8-15(20)14(19)7-12(13)17-11(2-1-4-21-17)10-3-5-24-16(6-10)22-9-23-24/h1-9H. The highest BCUT2D eigenvalue weighted by Crippen LogP contribution is 2.32. The second-order valence-corrected chi connectivity index (χ2v) is 5.12. The molecule has 3 heterocycles. The van der Waals surface area contributed by atoms with Crippen LogP contribution in [0.25, 0.3) is 28.0 Å². The van der Waals surface area contributed by atoms with Gasteiger partial charge in [-0.1, -0.05) is 6.07 Å². The van der Waals surface area contributed by atoms with Crippen molar-refractivity contribution in [1.29, 1.82) is 0 Å². The van der Waals surface area contributed by atoms with Crippen molar-refractivity contribution in [3.8, 4) is 22.4 Å². The number of hydrogen-bond donors (Lipinski definition) is 0. The summed E-state index contributed by atoms with van der Waals surface area (Å²) in [5.41, 5.74) is 2.01. The lowest BCUT2D eigenvalue weighted by atomic mass is 9.99. The molecule has 0 radical (unpaired) electrons. The summed E-state index contributed by atoms with van der Waals surface area (Å²) in [6.45, 7) is 0. The van der Waals surface area contributed by atoms with Crippen LogP contribution in [0, 0.1) is 17.5 Å². The first-order valence-electron chi connectivity index (χ1n) is 7.03. The van der Waals surface area contributed by atoms with Gasteiger partial charge >= 0.3 is 0 Å².